The molecule has 0 aliphatic heterocycles. The van der Waals surface area contributed by atoms with E-state index in [1.807, 2.05) is 67.6 Å². The van der Waals surface area contributed by atoms with Gasteiger partial charge in [-0.15, -0.1) is 0 Å². The Morgan fingerprint density at radius 3 is 2.19 bits per heavy atom. The SMILES string of the molecule is CC(=O)c1ccc(-c2c(C)c(C(=O)Nc3ccccc3)nn2-c2ccccc2Cl)cc1. The van der Waals surface area contributed by atoms with Crippen LogP contribution in [0.3, 0.4) is 0 Å². The highest BCUT2D eigenvalue weighted by molar-refractivity contribution is 6.32. The van der Waals surface area contributed by atoms with E-state index in [-0.39, 0.29) is 11.7 Å². The number of carbonyl (C=O) groups is 2. The molecule has 1 amide bonds. The van der Waals surface area contributed by atoms with Gasteiger partial charge in [0.2, 0.25) is 0 Å². The molecule has 154 valence electrons. The number of ketones is 1. The molecule has 3 aromatic carbocycles. The number of Topliss-reactive ketones (excluding diaryl/α,β-unsaturated/α-hetero) is 1. The topological polar surface area (TPSA) is 64.0 Å². The summed E-state index contributed by atoms with van der Waals surface area (Å²) in [7, 11) is 0. The molecule has 1 aromatic heterocycles. The fraction of sp³-hybridized carbons (Fsp3) is 0.0800. The second kappa shape index (κ2) is 8.58. The maximum absolute atomic E-state index is 13.0. The molecule has 0 saturated carbocycles. The number of carbonyl (C=O) groups excluding carboxylic acids is 2. The Labute approximate surface area is 185 Å². The minimum atomic E-state index is -0.309. The quantitative estimate of drug-likeness (QED) is 0.398. The molecule has 0 aliphatic rings. The normalized spacial score (nSPS) is 10.7. The smallest absolute Gasteiger partial charge is 0.276 e. The summed E-state index contributed by atoms with van der Waals surface area (Å²) in [6, 6.07) is 23.8. The average Bonchev–Trinajstić information content (AvgIpc) is 3.12. The van der Waals surface area contributed by atoms with Crippen molar-refractivity contribution in [2.45, 2.75) is 13.8 Å². The Hall–Kier alpha value is -3.70. The highest BCUT2D eigenvalue weighted by Crippen LogP contribution is 2.32. The summed E-state index contributed by atoms with van der Waals surface area (Å²) in [5, 5.41) is 8.03. The van der Waals surface area contributed by atoms with Gasteiger partial charge in [-0.1, -0.05) is 66.2 Å². The van der Waals surface area contributed by atoms with Crippen LogP contribution >= 0.6 is 11.6 Å². The Morgan fingerprint density at radius 2 is 1.55 bits per heavy atom. The first-order chi connectivity index (χ1) is 15.0. The summed E-state index contributed by atoms with van der Waals surface area (Å²) in [4.78, 5) is 24.7. The summed E-state index contributed by atoms with van der Waals surface area (Å²) in [5.41, 5.74) is 4.55. The number of anilines is 1. The molecular formula is C25H20ClN3O2. The lowest BCUT2D eigenvalue weighted by Gasteiger charge is -2.10. The number of hydrogen-bond donors (Lipinski definition) is 1. The van der Waals surface area contributed by atoms with E-state index in [9.17, 15) is 9.59 Å². The lowest BCUT2D eigenvalue weighted by Crippen LogP contribution is -2.14. The molecule has 1 N–H and O–H groups in total. The van der Waals surface area contributed by atoms with E-state index in [2.05, 4.69) is 10.4 Å². The van der Waals surface area contributed by atoms with E-state index >= 15 is 0 Å². The number of nitrogens with zero attached hydrogens (tertiary/aromatic N) is 2. The number of aromatic nitrogens is 2. The minimum Gasteiger partial charge on any atom is -0.321 e. The maximum Gasteiger partial charge on any atom is 0.276 e. The van der Waals surface area contributed by atoms with Crippen molar-refractivity contribution < 1.29 is 9.59 Å². The number of hydrogen-bond acceptors (Lipinski definition) is 3. The number of benzene rings is 3. The van der Waals surface area contributed by atoms with Crippen LogP contribution in [0, 0.1) is 6.92 Å². The molecule has 31 heavy (non-hydrogen) atoms. The predicted octanol–water partition coefficient (Wildman–Crippen LogP) is 5.96. The van der Waals surface area contributed by atoms with Crippen LogP contribution in [0.4, 0.5) is 5.69 Å². The molecular weight excluding hydrogens is 410 g/mol. The Morgan fingerprint density at radius 1 is 0.903 bits per heavy atom. The van der Waals surface area contributed by atoms with Crippen molar-refractivity contribution >= 4 is 29.0 Å². The van der Waals surface area contributed by atoms with Crippen LogP contribution in [0.1, 0.15) is 33.3 Å². The van der Waals surface area contributed by atoms with E-state index < -0.39 is 0 Å². The summed E-state index contributed by atoms with van der Waals surface area (Å²) >= 11 is 6.45. The second-order valence-corrected chi connectivity index (χ2v) is 7.55. The van der Waals surface area contributed by atoms with Gasteiger partial charge in [-0.2, -0.15) is 5.10 Å². The summed E-state index contributed by atoms with van der Waals surface area (Å²) in [6.45, 7) is 3.38. The molecule has 0 unspecified atom stereocenters. The number of rotatable bonds is 5. The van der Waals surface area contributed by atoms with E-state index in [4.69, 9.17) is 11.6 Å². The highest BCUT2D eigenvalue weighted by atomic mass is 35.5. The first-order valence-corrected chi connectivity index (χ1v) is 10.2. The van der Waals surface area contributed by atoms with E-state index in [0.717, 1.165) is 11.3 Å². The van der Waals surface area contributed by atoms with Crippen molar-refractivity contribution in [2.75, 3.05) is 5.32 Å². The first kappa shape index (κ1) is 20.6. The van der Waals surface area contributed by atoms with Crippen molar-refractivity contribution in [1.29, 1.82) is 0 Å². The van der Waals surface area contributed by atoms with Gasteiger partial charge in [-0.25, -0.2) is 4.68 Å². The molecule has 0 atom stereocenters. The van der Waals surface area contributed by atoms with Gasteiger partial charge >= 0.3 is 0 Å². The number of amides is 1. The summed E-state index contributed by atoms with van der Waals surface area (Å²) < 4.78 is 1.68. The molecule has 0 saturated heterocycles. The molecule has 0 fully saturated rings. The fourth-order valence-electron chi connectivity index (χ4n) is 3.42. The number of para-hydroxylation sites is 2. The van der Waals surface area contributed by atoms with Crippen LogP contribution in [-0.2, 0) is 0 Å². The zero-order chi connectivity index (χ0) is 22.0. The zero-order valence-electron chi connectivity index (χ0n) is 17.1. The van der Waals surface area contributed by atoms with Gasteiger partial charge < -0.3 is 5.32 Å². The van der Waals surface area contributed by atoms with Crippen LogP contribution in [0.15, 0.2) is 78.9 Å². The van der Waals surface area contributed by atoms with Gasteiger partial charge in [-0.05, 0) is 38.1 Å². The standard InChI is InChI=1S/C25H20ClN3O2/c1-16-23(25(31)27-20-8-4-3-5-9-20)28-29(22-11-7-6-10-21(22)26)24(16)19-14-12-18(13-15-19)17(2)30/h3-15H,1-2H3,(H,27,31). The third-order valence-electron chi connectivity index (χ3n) is 5.01. The van der Waals surface area contributed by atoms with Crippen molar-refractivity contribution in [2.24, 2.45) is 0 Å². The van der Waals surface area contributed by atoms with Crippen LogP contribution in [0.2, 0.25) is 5.02 Å². The molecule has 6 heteroatoms. The monoisotopic (exact) mass is 429 g/mol. The molecule has 0 spiro atoms. The van der Waals surface area contributed by atoms with Crippen LogP contribution in [0.5, 0.6) is 0 Å². The van der Waals surface area contributed by atoms with Gasteiger partial charge in [0.25, 0.3) is 5.91 Å². The summed E-state index contributed by atoms with van der Waals surface area (Å²) in [6.07, 6.45) is 0. The molecule has 4 aromatic rings. The third kappa shape index (κ3) is 4.13. The van der Waals surface area contributed by atoms with Crippen molar-refractivity contribution in [3.63, 3.8) is 0 Å². The van der Waals surface area contributed by atoms with Crippen molar-refractivity contribution in [3.05, 3.63) is 101 Å². The van der Waals surface area contributed by atoms with E-state index in [1.165, 1.54) is 6.92 Å². The zero-order valence-corrected chi connectivity index (χ0v) is 17.9. The number of nitrogens with one attached hydrogen (secondary N) is 1. The third-order valence-corrected chi connectivity index (χ3v) is 5.33. The first-order valence-electron chi connectivity index (χ1n) is 9.78. The number of halogens is 1. The van der Waals surface area contributed by atoms with Gasteiger partial charge in [0.1, 0.15) is 0 Å². The average molecular weight is 430 g/mol. The van der Waals surface area contributed by atoms with Crippen molar-refractivity contribution in [3.8, 4) is 16.9 Å². The van der Waals surface area contributed by atoms with Crippen molar-refractivity contribution in [1.82, 2.24) is 9.78 Å². The maximum atomic E-state index is 13.0. The molecule has 0 radical (unpaired) electrons. The van der Waals surface area contributed by atoms with Crippen LogP contribution < -0.4 is 5.32 Å². The fourth-order valence-corrected chi connectivity index (χ4v) is 3.64. The second-order valence-electron chi connectivity index (χ2n) is 7.14. The van der Waals surface area contributed by atoms with Gasteiger partial charge in [-0.3, -0.25) is 9.59 Å². The summed E-state index contributed by atoms with van der Waals surface area (Å²) in [5.74, 6) is -0.318. The molecule has 4 rings (SSSR count). The Bertz CT molecular complexity index is 1260. The highest BCUT2D eigenvalue weighted by Gasteiger charge is 2.23. The molecule has 1 heterocycles. The lowest BCUT2D eigenvalue weighted by molar-refractivity contribution is 0.101. The Balaban J connectivity index is 1.85. The minimum absolute atomic E-state index is 0.00851. The van der Waals surface area contributed by atoms with Gasteiger partial charge in [0.05, 0.1) is 16.4 Å². The molecule has 0 bridgehead atoms. The Kier molecular flexibility index (Phi) is 5.69. The van der Waals surface area contributed by atoms with E-state index in [0.29, 0.717) is 33.2 Å². The molecule has 5 nitrogen and oxygen atoms in total. The largest absolute Gasteiger partial charge is 0.321 e. The van der Waals surface area contributed by atoms with E-state index in [1.54, 1.807) is 22.9 Å². The van der Waals surface area contributed by atoms with Crippen LogP contribution in [0.25, 0.3) is 16.9 Å². The lowest BCUT2D eigenvalue weighted by atomic mass is 10.0. The van der Waals surface area contributed by atoms with Gasteiger partial charge in [0, 0.05) is 22.4 Å². The van der Waals surface area contributed by atoms with Crippen LogP contribution in [-0.4, -0.2) is 21.5 Å². The predicted molar refractivity (Wildman–Crippen MR) is 123 cm³/mol. The molecule has 0 aliphatic carbocycles. The van der Waals surface area contributed by atoms with Gasteiger partial charge in [0.15, 0.2) is 11.5 Å².